The lowest BCUT2D eigenvalue weighted by molar-refractivity contribution is 0.145. The molecule has 1 aromatic rings. The number of allylic oxidation sites excluding steroid dienone is 3. The topological polar surface area (TPSA) is 35.6 Å². The number of nitrogens with one attached hydrogen (secondary N) is 1. The van der Waals surface area contributed by atoms with Gasteiger partial charge < -0.3 is 10.2 Å². The van der Waals surface area contributed by atoms with Gasteiger partial charge in [0.1, 0.15) is 0 Å². The van der Waals surface area contributed by atoms with Gasteiger partial charge in [-0.1, -0.05) is 60.2 Å². The molecule has 0 atom stereocenters. The maximum Gasteiger partial charge on any atom is 0.317 e. The molecule has 0 bridgehead atoms. The van der Waals surface area contributed by atoms with E-state index in [0.717, 1.165) is 30.8 Å². The molecule has 2 rings (SSSR count). The van der Waals surface area contributed by atoms with Crippen LogP contribution in [0.1, 0.15) is 12.5 Å². The molecule has 1 N–H and O–H groups in total. The Morgan fingerprint density at radius 1 is 1.19 bits per heavy atom. The van der Waals surface area contributed by atoms with Gasteiger partial charge in [0.15, 0.2) is 0 Å². The maximum atomic E-state index is 12.3. The van der Waals surface area contributed by atoms with Gasteiger partial charge in [0.05, 0.1) is 10.0 Å². The lowest BCUT2D eigenvalue weighted by Gasteiger charge is -2.34. The predicted molar refractivity (Wildman–Crippen MR) is 110 cm³/mol. The summed E-state index contributed by atoms with van der Waals surface area (Å²) in [5.74, 6) is 0. The molecule has 1 aliphatic heterocycles. The molecule has 2 amide bonds. The van der Waals surface area contributed by atoms with Crippen molar-refractivity contribution in [2.24, 2.45) is 0 Å². The SMILES string of the molecule is C=C(C=CC=CC)CN1CCN(C(=O)NCc2ccc(Cl)c(Cl)c2)CC1. The van der Waals surface area contributed by atoms with E-state index in [1.54, 1.807) is 12.1 Å². The summed E-state index contributed by atoms with van der Waals surface area (Å²) in [5.41, 5.74) is 2.00. The molecule has 26 heavy (non-hydrogen) atoms. The van der Waals surface area contributed by atoms with Crippen molar-refractivity contribution in [1.82, 2.24) is 15.1 Å². The van der Waals surface area contributed by atoms with Gasteiger partial charge in [0, 0.05) is 39.3 Å². The second kappa shape index (κ2) is 10.4. The van der Waals surface area contributed by atoms with E-state index in [0.29, 0.717) is 29.7 Å². The number of rotatable bonds is 6. The molecule has 0 radical (unpaired) electrons. The van der Waals surface area contributed by atoms with Crippen LogP contribution in [0.25, 0.3) is 0 Å². The van der Waals surface area contributed by atoms with Crippen LogP contribution in [0, 0.1) is 0 Å². The van der Waals surface area contributed by atoms with Gasteiger partial charge in [-0.05, 0) is 30.2 Å². The first-order valence-electron chi connectivity index (χ1n) is 8.66. The van der Waals surface area contributed by atoms with Crippen LogP contribution in [0.3, 0.4) is 0 Å². The van der Waals surface area contributed by atoms with Crippen molar-refractivity contribution >= 4 is 29.2 Å². The van der Waals surface area contributed by atoms with E-state index in [9.17, 15) is 4.79 Å². The van der Waals surface area contributed by atoms with E-state index in [1.165, 1.54) is 0 Å². The normalized spacial score (nSPS) is 15.7. The Kier molecular flexibility index (Phi) is 8.23. The average Bonchev–Trinajstić information content (AvgIpc) is 2.63. The first kappa shape index (κ1) is 20.6. The van der Waals surface area contributed by atoms with E-state index in [4.69, 9.17) is 23.2 Å². The highest BCUT2D eigenvalue weighted by molar-refractivity contribution is 6.42. The number of urea groups is 1. The third-order valence-electron chi connectivity index (χ3n) is 4.15. The number of amides is 2. The fourth-order valence-electron chi connectivity index (χ4n) is 2.69. The Bertz CT molecular complexity index is 692. The molecule has 0 unspecified atom stereocenters. The standard InChI is InChI=1S/C20H25Cl2N3O/c1-3-4-5-6-16(2)15-24-9-11-25(12-10-24)20(26)23-14-17-7-8-18(21)19(22)13-17/h3-8,13H,2,9-12,14-15H2,1H3,(H,23,26). The van der Waals surface area contributed by atoms with E-state index < -0.39 is 0 Å². The van der Waals surface area contributed by atoms with Crippen molar-refractivity contribution in [3.63, 3.8) is 0 Å². The third-order valence-corrected chi connectivity index (χ3v) is 4.89. The summed E-state index contributed by atoms with van der Waals surface area (Å²) in [6.45, 7) is 10.4. The summed E-state index contributed by atoms with van der Waals surface area (Å²) in [6.07, 6.45) is 7.99. The number of halogens is 2. The molecule has 1 fully saturated rings. The number of carbonyl (C=O) groups excluding carboxylic acids is 1. The molecule has 140 valence electrons. The molecule has 4 nitrogen and oxygen atoms in total. The first-order chi connectivity index (χ1) is 12.5. The number of piperazine rings is 1. The van der Waals surface area contributed by atoms with Crippen LogP contribution < -0.4 is 5.32 Å². The Morgan fingerprint density at radius 2 is 1.92 bits per heavy atom. The van der Waals surface area contributed by atoms with Crippen molar-refractivity contribution in [3.8, 4) is 0 Å². The second-order valence-corrected chi connectivity index (χ2v) is 7.03. The molecule has 6 heteroatoms. The van der Waals surface area contributed by atoms with Gasteiger partial charge in [-0.3, -0.25) is 4.90 Å². The number of nitrogens with zero attached hydrogens (tertiary/aromatic N) is 2. The van der Waals surface area contributed by atoms with Crippen molar-refractivity contribution < 1.29 is 4.79 Å². The van der Waals surface area contributed by atoms with Crippen molar-refractivity contribution in [2.75, 3.05) is 32.7 Å². The van der Waals surface area contributed by atoms with Crippen LogP contribution >= 0.6 is 23.2 Å². The van der Waals surface area contributed by atoms with Crippen LogP contribution in [0.4, 0.5) is 4.79 Å². The highest BCUT2D eigenvalue weighted by atomic mass is 35.5. The van der Waals surface area contributed by atoms with E-state index in [1.807, 2.05) is 42.2 Å². The second-order valence-electron chi connectivity index (χ2n) is 6.21. The quantitative estimate of drug-likeness (QED) is 0.721. The molecule has 1 aliphatic rings. The van der Waals surface area contributed by atoms with Gasteiger partial charge in [-0.2, -0.15) is 0 Å². The molecular weight excluding hydrogens is 369 g/mol. The molecule has 0 spiro atoms. The molecule has 0 aromatic heterocycles. The Labute approximate surface area is 165 Å². The fraction of sp³-hybridized carbons (Fsp3) is 0.350. The van der Waals surface area contributed by atoms with Gasteiger partial charge in [-0.25, -0.2) is 4.79 Å². The molecular formula is C20H25Cl2N3O. The van der Waals surface area contributed by atoms with Crippen LogP contribution in [0.5, 0.6) is 0 Å². The zero-order chi connectivity index (χ0) is 18.9. The molecule has 0 saturated carbocycles. The number of benzene rings is 1. The van der Waals surface area contributed by atoms with Crippen LogP contribution in [-0.2, 0) is 6.54 Å². The zero-order valence-electron chi connectivity index (χ0n) is 15.0. The molecule has 0 aliphatic carbocycles. The summed E-state index contributed by atoms with van der Waals surface area (Å²) in [4.78, 5) is 16.5. The molecule has 1 heterocycles. The summed E-state index contributed by atoms with van der Waals surface area (Å²) in [5, 5.41) is 3.95. The van der Waals surface area contributed by atoms with Crippen LogP contribution in [0.15, 0.2) is 54.7 Å². The Hall–Kier alpha value is -1.75. The minimum Gasteiger partial charge on any atom is -0.334 e. The monoisotopic (exact) mass is 393 g/mol. The number of hydrogen-bond acceptors (Lipinski definition) is 2. The highest BCUT2D eigenvalue weighted by Gasteiger charge is 2.20. The largest absolute Gasteiger partial charge is 0.334 e. The third kappa shape index (κ3) is 6.52. The summed E-state index contributed by atoms with van der Waals surface area (Å²) >= 11 is 11.9. The summed E-state index contributed by atoms with van der Waals surface area (Å²) in [6, 6.07) is 5.32. The van der Waals surface area contributed by atoms with Gasteiger partial charge in [0.2, 0.25) is 0 Å². The van der Waals surface area contributed by atoms with Crippen molar-refractivity contribution in [2.45, 2.75) is 13.5 Å². The first-order valence-corrected chi connectivity index (χ1v) is 9.41. The smallest absolute Gasteiger partial charge is 0.317 e. The number of hydrogen-bond donors (Lipinski definition) is 1. The van der Waals surface area contributed by atoms with Crippen LogP contribution in [0.2, 0.25) is 10.0 Å². The predicted octanol–water partition coefficient (Wildman–Crippen LogP) is 4.51. The zero-order valence-corrected chi connectivity index (χ0v) is 16.6. The summed E-state index contributed by atoms with van der Waals surface area (Å²) < 4.78 is 0. The van der Waals surface area contributed by atoms with E-state index in [-0.39, 0.29) is 6.03 Å². The van der Waals surface area contributed by atoms with Gasteiger partial charge >= 0.3 is 6.03 Å². The molecule has 1 saturated heterocycles. The average molecular weight is 394 g/mol. The Morgan fingerprint density at radius 3 is 2.58 bits per heavy atom. The number of carbonyl (C=O) groups is 1. The van der Waals surface area contributed by atoms with Crippen molar-refractivity contribution in [1.29, 1.82) is 0 Å². The Balaban J connectivity index is 1.73. The highest BCUT2D eigenvalue weighted by Crippen LogP contribution is 2.22. The fourth-order valence-corrected chi connectivity index (χ4v) is 3.01. The minimum atomic E-state index is -0.0532. The van der Waals surface area contributed by atoms with Gasteiger partial charge in [-0.15, -0.1) is 0 Å². The molecule has 1 aromatic carbocycles. The van der Waals surface area contributed by atoms with E-state index >= 15 is 0 Å². The lowest BCUT2D eigenvalue weighted by atomic mass is 10.2. The maximum absolute atomic E-state index is 12.3. The van der Waals surface area contributed by atoms with Crippen LogP contribution in [-0.4, -0.2) is 48.6 Å². The summed E-state index contributed by atoms with van der Waals surface area (Å²) in [7, 11) is 0. The van der Waals surface area contributed by atoms with Gasteiger partial charge in [0.25, 0.3) is 0 Å². The lowest BCUT2D eigenvalue weighted by Crippen LogP contribution is -2.51. The van der Waals surface area contributed by atoms with E-state index in [2.05, 4.69) is 16.8 Å². The van der Waals surface area contributed by atoms with Crippen molar-refractivity contribution in [3.05, 3.63) is 70.3 Å². The minimum absolute atomic E-state index is 0.0532.